The van der Waals surface area contributed by atoms with E-state index in [-0.39, 0.29) is 46.6 Å². The molecule has 0 unspecified atom stereocenters. The van der Waals surface area contributed by atoms with Crippen LogP contribution in [0.15, 0.2) is 72.8 Å². The van der Waals surface area contributed by atoms with E-state index in [9.17, 15) is 24.5 Å². The lowest BCUT2D eigenvalue weighted by molar-refractivity contribution is -0.385. The third-order valence-electron chi connectivity index (χ3n) is 7.83. The molecule has 0 aliphatic carbocycles. The number of hydrogen-bond acceptors (Lipinski definition) is 11. The topological polar surface area (TPSA) is 156 Å². The third kappa shape index (κ3) is 6.43. The molecule has 0 saturated heterocycles. The monoisotopic (exact) mass is 655 g/mol. The van der Waals surface area contributed by atoms with Gasteiger partial charge in [0.1, 0.15) is 23.6 Å². The first-order valence-electron chi connectivity index (χ1n) is 14.6. The maximum atomic E-state index is 13.4. The number of hydrogen-bond donors (Lipinski definition) is 1. The van der Waals surface area contributed by atoms with Gasteiger partial charge in [-0.05, 0) is 61.9 Å². The van der Waals surface area contributed by atoms with Crippen LogP contribution in [0.1, 0.15) is 40.1 Å². The largest absolute Gasteiger partial charge is 0.496 e. The van der Waals surface area contributed by atoms with Gasteiger partial charge in [-0.1, -0.05) is 12.1 Å². The third-order valence-corrected chi connectivity index (χ3v) is 7.83. The number of fused-ring (bicyclic) bond motifs is 1. The van der Waals surface area contributed by atoms with Crippen LogP contribution in [0.4, 0.5) is 17.1 Å². The van der Waals surface area contributed by atoms with Crippen LogP contribution in [-0.2, 0) is 16.1 Å². The zero-order chi connectivity index (χ0) is 34.7. The molecule has 13 heteroatoms. The summed E-state index contributed by atoms with van der Waals surface area (Å²) in [6, 6.07) is 18.5. The molecule has 1 heterocycles. The van der Waals surface area contributed by atoms with Crippen molar-refractivity contribution >= 4 is 34.9 Å². The number of non-ortho nitro benzene ring substituents is 1. The molecule has 0 saturated carbocycles. The maximum absolute atomic E-state index is 13.4. The normalized spacial score (nSPS) is 13.1. The molecule has 0 fully saturated rings. The van der Waals surface area contributed by atoms with Gasteiger partial charge in [0.25, 0.3) is 11.6 Å². The first-order valence-corrected chi connectivity index (χ1v) is 14.6. The lowest BCUT2D eigenvalue weighted by Crippen LogP contribution is -2.52. The first kappa shape index (κ1) is 33.3. The van der Waals surface area contributed by atoms with Crippen molar-refractivity contribution in [2.45, 2.75) is 26.0 Å². The maximum Gasteiger partial charge on any atom is 0.343 e. The van der Waals surface area contributed by atoms with Crippen LogP contribution in [-0.4, -0.2) is 56.7 Å². The molecule has 1 aliphatic rings. The van der Waals surface area contributed by atoms with Crippen LogP contribution in [0.5, 0.6) is 23.0 Å². The molecule has 1 amide bonds. The van der Waals surface area contributed by atoms with Crippen molar-refractivity contribution in [2.75, 3.05) is 38.6 Å². The summed E-state index contributed by atoms with van der Waals surface area (Å²) in [4.78, 5) is 50.8. The fourth-order valence-electron chi connectivity index (χ4n) is 5.49. The first-order chi connectivity index (χ1) is 22.9. The molecule has 0 atom stereocenters. The fraction of sp³-hybridized carbons (Fsp3) is 0.229. The van der Waals surface area contributed by atoms with Gasteiger partial charge in [-0.3, -0.25) is 14.9 Å². The number of likely N-dealkylation sites (N-methyl/N-ethyl adjacent to an activating group) is 1. The number of amides is 1. The van der Waals surface area contributed by atoms with Crippen molar-refractivity contribution in [1.29, 1.82) is 0 Å². The van der Waals surface area contributed by atoms with Crippen LogP contribution in [0.25, 0.3) is 11.1 Å². The molecule has 1 aliphatic heterocycles. The predicted octanol–water partition coefficient (Wildman–Crippen LogP) is 6.03. The Bertz CT molecular complexity index is 1940. The Labute approximate surface area is 276 Å². The molecule has 0 radical (unpaired) electrons. The number of esters is 2. The van der Waals surface area contributed by atoms with E-state index in [1.165, 1.54) is 57.7 Å². The van der Waals surface area contributed by atoms with Gasteiger partial charge >= 0.3 is 11.9 Å². The highest BCUT2D eigenvalue weighted by Crippen LogP contribution is 2.45. The molecule has 48 heavy (non-hydrogen) atoms. The number of nitrogens with one attached hydrogen (secondary N) is 1. The Balaban J connectivity index is 1.56. The van der Waals surface area contributed by atoms with Crippen molar-refractivity contribution in [2.24, 2.45) is 0 Å². The highest BCUT2D eigenvalue weighted by atomic mass is 16.6. The number of methoxy groups -OCH3 is 3. The number of nitro groups is 1. The van der Waals surface area contributed by atoms with Gasteiger partial charge in [0.2, 0.25) is 0 Å². The van der Waals surface area contributed by atoms with E-state index in [4.69, 9.17) is 23.7 Å². The number of anilines is 2. The lowest BCUT2D eigenvalue weighted by Gasteiger charge is -2.39. The summed E-state index contributed by atoms with van der Waals surface area (Å²) in [5.74, 6) is -0.524. The zero-order valence-electron chi connectivity index (χ0n) is 27.1. The average Bonchev–Trinajstić information content (AvgIpc) is 3.08. The number of carbonyl (C=O) groups is 3. The minimum Gasteiger partial charge on any atom is -0.496 e. The Hall–Kier alpha value is -6.11. The molecule has 0 bridgehead atoms. The van der Waals surface area contributed by atoms with Gasteiger partial charge in [-0.15, -0.1) is 0 Å². The summed E-state index contributed by atoms with van der Waals surface area (Å²) in [7, 11) is 5.81. The molecule has 1 N–H and O–H groups in total. The van der Waals surface area contributed by atoms with Crippen molar-refractivity contribution < 1.29 is 43.0 Å². The summed E-state index contributed by atoms with van der Waals surface area (Å²) in [6.45, 7) is 3.44. The molecule has 0 aromatic heterocycles. The predicted molar refractivity (Wildman–Crippen MR) is 176 cm³/mol. The van der Waals surface area contributed by atoms with E-state index in [2.05, 4.69) is 5.32 Å². The molecule has 4 aromatic rings. The van der Waals surface area contributed by atoms with Gasteiger partial charge < -0.3 is 33.9 Å². The molecule has 5 rings (SSSR count). The van der Waals surface area contributed by atoms with Gasteiger partial charge in [0.15, 0.2) is 11.5 Å². The highest BCUT2D eigenvalue weighted by Gasteiger charge is 2.39. The summed E-state index contributed by atoms with van der Waals surface area (Å²) in [5.41, 5.74) is 2.29. The summed E-state index contributed by atoms with van der Waals surface area (Å²) in [6.07, 6.45) is 0. The lowest BCUT2D eigenvalue weighted by atomic mass is 9.91. The van der Waals surface area contributed by atoms with E-state index in [0.717, 1.165) is 0 Å². The van der Waals surface area contributed by atoms with Gasteiger partial charge in [-0.2, -0.15) is 0 Å². The Morgan fingerprint density at radius 3 is 2.21 bits per heavy atom. The van der Waals surface area contributed by atoms with Gasteiger partial charge in [0.05, 0.1) is 54.8 Å². The minimum absolute atomic E-state index is 0.119. The number of carbonyl (C=O) groups excluding carboxylic acids is 3. The summed E-state index contributed by atoms with van der Waals surface area (Å²) in [5, 5.41) is 14.8. The van der Waals surface area contributed by atoms with Gasteiger partial charge in [0, 0.05) is 30.3 Å². The molecule has 248 valence electrons. The van der Waals surface area contributed by atoms with Crippen LogP contribution in [0, 0.1) is 10.1 Å². The van der Waals surface area contributed by atoms with E-state index in [1.807, 2.05) is 12.1 Å². The standard InChI is InChI=1S/C35H33N3O10/c1-35(2)34(41)37(3)31-26(19-47-30-17-22(38(42)43)10-15-28(30)44-4)24(13-14-27(31)36-35)25-12-11-23(18-29(25)45-5)48-33(40)21-9-7-8-20(16-21)32(39)46-6/h7-18,36H,19H2,1-6H3. The SMILES string of the molecule is COC(=O)c1cccc(C(=O)Oc2ccc(-c3ccc4c(c3COc3cc([N+](=O)[O-])ccc3OC)N(C)C(=O)C(C)(C)N4)c(OC)c2)c1. The Morgan fingerprint density at radius 1 is 0.854 bits per heavy atom. The van der Waals surface area contributed by atoms with Crippen molar-refractivity contribution in [1.82, 2.24) is 0 Å². The second kappa shape index (κ2) is 13.3. The molecule has 4 aromatic carbocycles. The van der Waals surface area contributed by atoms with Crippen molar-refractivity contribution in [3.8, 4) is 34.1 Å². The second-order valence-corrected chi connectivity index (χ2v) is 11.3. The number of benzene rings is 4. The van der Waals surface area contributed by atoms with Crippen LogP contribution in [0.2, 0.25) is 0 Å². The summed E-state index contributed by atoms with van der Waals surface area (Å²) < 4.78 is 27.6. The van der Waals surface area contributed by atoms with Gasteiger partial charge in [-0.25, -0.2) is 9.59 Å². The van der Waals surface area contributed by atoms with Crippen LogP contribution < -0.4 is 29.2 Å². The molecule has 13 nitrogen and oxygen atoms in total. The van der Waals surface area contributed by atoms with Crippen molar-refractivity contribution in [3.63, 3.8) is 0 Å². The van der Waals surface area contributed by atoms with Crippen molar-refractivity contribution in [3.05, 3.63) is 99.6 Å². The van der Waals surface area contributed by atoms with E-state index < -0.39 is 22.4 Å². The fourth-order valence-corrected chi connectivity index (χ4v) is 5.49. The highest BCUT2D eigenvalue weighted by molar-refractivity contribution is 6.09. The molecular weight excluding hydrogens is 622 g/mol. The number of nitrogens with zero attached hydrogens (tertiary/aromatic N) is 2. The Morgan fingerprint density at radius 2 is 1.54 bits per heavy atom. The quantitative estimate of drug-likeness (QED) is 0.0921. The molecule has 0 spiro atoms. The minimum atomic E-state index is -0.885. The van der Waals surface area contributed by atoms with Crippen LogP contribution >= 0.6 is 0 Å². The summed E-state index contributed by atoms with van der Waals surface area (Å²) >= 11 is 0. The zero-order valence-corrected chi connectivity index (χ0v) is 27.1. The number of ether oxygens (including phenoxy) is 5. The average molecular weight is 656 g/mol. The van der Waals surface area contributed by atoms with E-state index >= 15 is 0 Å². The second-order valence-electron chi connectivity index (χ2n) is 11.3. The molecular formula is C35H33N3O10. The Kier molecular flexibility index (Phi) is 9.23. The smallest absolute Gasteiger partial charge is 0.343 e. The van der Waals surface area contributed by atoms with E-state index in [0.29, 0.717) is 33.8 Å². The number of rotatable bonds is 10. The van der Waals surface area contributed by atoms with Crippen LogP contribution in [0.3, 0.4) is 0 Å². The van der Waals surface area contributed by atoms with E-state index in [1.54, 1.807) is 50.1 Å². The number of nitro benzene ring substituents is 1.